The number of H-pyrrole nitrogens is 1. The lowest BCUT2D eigenvalue weighted by Crippen LogP contribution is -1.93. The lowest BCUT2D eigenvalue weighted by atomic mass is 10.1. The first-order valence-corrected chi connectivity index (χ1v) is 4.86. The molecule has 5 heteroatoms. The second-order valence-corrected chi connectivity index (χ2v) is 3.70. The molecule has 0 aliphatic heterocycles. The molecule has 1 aromatic carbocycles. The summed E-state index contributed by atoms with van der Waals surface area (Å²) in [6.45, 7) is 3.91. The highest BCUT2D eigenvalue weighted by Gasteiger charge is 2.17. The number of aryl methyl sites for hydroxylation is 2. The van der Waals surface area contributed by atoms with Crippen molar-refractivity contribution in [1.29, 1.82) is 0 Å². The SMILES string of the molecule is COc1cc2c(C)c(C)[nH]c2cc1[N+](=O)[O-]. The molecular weight excluding hydrogens is 208 g/mol. The minimum absolute atomic E-state index is 0.0174. The molecule has 1 aromatic heterocycles. The first-order chi connectivity index (χ1) is 7.54. The van der Waals surface area contributed by atoms with Gasteiger partial charge in [-0.25, -0.2) is 0 Å². The fraction of sp³-hybridized carbons (Fsp3) is 0.273. The molecule has 0 saturated heterocycles. The maximum absolute atomic E-state index is 10.8. The zero-order chi connectivity index (χ0) is 11.9. The number of nitrogens with zero attached hydrogens (tertiary/aromatic N) is 1. The molecule has 0 atom stereocenters. The number of fused-ring (bicyclic) bond motifs is 1. The number of nitrogens with one attached hydrogen (secondary N) is 1. The Kier molecular flexibility index (Phi) is 2.30. The molecule has 2 rings (SSSR count). The van der Waals surface area contributed by atoms with E-state index in [4.69, 9.17) is 4.74 Å². The molecule has 16 heavy (non-hydrogen) atoms. The predicted molar refractivity (Wildman–Crippen MR) is 61.0 cm³/mol. The van der Waals surface area contributed by atoms with Gasteiger partial charge < -0.3 is 9.72 Å². The number of ether oxygens (including phenoxy) is 1. The van der Waals surface area contributed by atoms with E-state index in [2.05, 4.69) is 4.98 Å². The summed E-state index contributed by atoms with van der Waals surface area (Å²) in [5.74, 6) is 0.291. The van der Waals surface area contributed by atoms with Gasteiger partial charge >= 0.3 is 5.69 Å². The van der Waals surface area contributed by atoms with E-state index < -0.39 is 4.92 Å². The van der Waals surface area contributed by atoms with Gasteiger partial charge in [-0.05, 0) is 25.5 Å². The molecule has 0 spiro atoms. The molecule has 0 amide bonds. The number of aromatic nitrogens is 1. The number of nitro groups is 1. The maximum Gasteiger partial charge on any atom is 0.313 e. The van der Waals surface area contributed by atoms with Crippen LogP contribution in [0, 0.1) is 24.0 Å². The summed E-state index contributed by atoms with van der Waals surface area (Å²) in [4.78, 5) is 13.5. The Balaban J connectivity index is 2.80. The maximum atomic E-state index is 10.8. The van der Waals surface area contributed by atoms with E-state index in [1.165, 1.54) is 13.2 Å². The van der Waals surface area contributed by atoms with Crippen molar-refractivity contribution < 1.29 is 9.66 Å². The van der Waals surface area contributed by atoms with Crippen LogP contribution in [-0.4, -0.2) is 17.0 Å². The highest BCUT2D eigenvalue weighted by Crippen LogP contribution is 2.33. The summed E-state index contributed by atoms with van der Waals surface area (Å²) in [6.07, 6.45) is 0. The van der Waals surface area contributed by atoms with Crippen LogP contribution < -0.4 is 4.74 Å². The van der Waals surface area contributed by atoms with Crippen LogP contribution in [0.3, 0.4) is 0 Å². The average molecular weight is 220 g/mol. The van der Waals surface area contributed by atoms with Gasteiger partial charge in [-0.3, -0.25) is 10.1 Å². The Morgan fingerprint density at radius 3 is 2.62 bits per heavy atom. The Morgan fingerprint density at radius 1 is 1.38 bits per heavy atom. The summed E-state index contributed by atoms with van der Waals surface area (Å²) in [5.41, 5.74) is 2.85. The van der Waals surface area contributed by atoms with Crippen molar-refractivity contribution >= 4 is 16.6 Å². The standard InChI is InChI=1S/C11H12N2O3/c1-6-7(2)12-9-5-10(13(14)15)11(16-3)4-8(6)9/h4-5,12H,1-3H3. The fourth-order valence-corrected chi connectivity index (χ4v) is 1.79. The van der Waals surface area contributed by atoms with Crippen LogP contribution in [0.4, 0.5) is 5.69 Å². The highest BCUT2D eigenvalue weighted by molar-refractivity contribution is 5.88. The van der Waals surface area contributed by atoms with Gasteiger partial charge in [0, 0.05) is 17.1 Å². The first kappa shape index (κ1) is 10.5. The van der Waals surface area contributed by atoms with E-state index in [9.17, 15) is 10.1 Å². The fourth-order valence-electron chi connectivity index (χ4n) is 1.79. The van der Waals surface area contributed by atoms with Crippen molar-refractivity contribution in [2.24, 2.45) is 0 Å². The second-order valence-electron chi connectivity index (χ2n) is 3.70. The second kappa shape index (κ2) is 3.52. The van der Waals surface area contributed by atoms with E-state index in [-0.39, 0.29) is 5.69 Å². The average Bonchev–Trinajstić information content (AvgIpc) is 2.53. The molecule has 2 aromatic rings. The molecule has 5 nitrogen and oxygen atoms in total. The summed E-state index contributed by atoms with van der Waals surface area (Å²) in [7, 11) is 1.43. The molecule has 0 bridgehead atoms. The molecule has 0 aliphatic carbocycles. The highest BCUT2D eigenvalue weighted by atomic mass is 16.6. The van der Waals surface area contributed by atoms with Gasteiger partial charge in [0.2, 0.25) is 0 Å². The van der Waals surface area contributed by atoms with Gasteiger partial charge in [-0.1, -0.05) is 0 Å². The number of hydrogen-bond donors (Lipinski definition) is 1. The van der Waals surface area contributed by atoms with Gasteiger partial charge in [0.15, 0.2) is 5.75 Å². The summed E-state index contributed by atoms with van der Waals surface area (Å²) in [6, 6.07) is 3.21. The van der Waals surface area contributed by atoms with E-state index in [0.29, 0.717) is 5.75 Å². The molecule has 0 radical (unpaired) electrons. The third-order valence-corrected chi connectivity index (χ3v) is 2.80. The van der Waals surface area contributed by atoms with Gasteiger partial charge in [0.05, 0.1) is 17.5 Å². The lowest BCUT2D eigenvalue weighted by molar-refractivity contribution is -0.385. The summed E-state index contributed by atoms with van der Waals surface area (Å²) >= 11 is 0. The van der Waals surface area contributed by atoms with E-state index in [1.54, 1.807) is 6.07 Å². The summed E-state index contributed by atoms with van der Waals surface area (Å²) in [5, 5.41) is 11.8. The van der Waals surface area contributed by atoms with Crippen LogP contribution in [0.2, 0.25) is 0 Å². The van der Waals surface area contributed by atoms with Crippen molar-refractivity contribution in [3.8, 4) is 5.75 Å². The normalized spacial score (nSPS) is 10.7. The molecule has 1 heterocycles. The van der Waals surface area contributed by atoms with Crippen molar-refractivity contribution in [1.82, 2.24) is 4.98 Å². The van der Waals surface area contributed by atoms with Crippen molar-refractivity contribution in [3.63, 3.8) is 0 Å². The Hall–Kier alpha value is -2.04. The van der Waals surface area contributed by atoms with Gasteiger partial charge in [0.25, 0.3) is 0 Å². The molecule has 0 aliphatic rings. The van der Waals surface area contributed by atoms with Crippen LogP contribution in [0.15, 0.2) is 12.1 Å². The number of methoxy groups -OCH3 is 1. The molecular formula is C11H12N2O3. The van der Waals surface area contributed by atoms with E-state index in [0.717, 1.165) is 22.2 Å². The van der Waals surface area contributed by atoms with Crippen LogP contribution >= 0.6 is 0 Å². The number of nitro benzene ring substituents is 1. The monoisotopic (exact) mass is 220 g/mol. The Morgan fingerprint density at radius 2 is 2.06 bits per heavy atom. The predicted octanol–water partition coefficient (Wildman–Crippen LogP) is 2.70. The van der Waals surface area contributed by atoms with E-state index >= 15 is 0 Å². The molecule has 0 unspecified atom stereocenters. The zero-order valence-corrected chi connectivity index (χ0v) is 9.33. The minimum Gasteiger partial charge on any atom is -0.490 e. The Labute approximate surface area is 92.2 Å². The molecule has 0 saturated carbocycles. The van der Waals surface area contributed by atoms with Crippen LogP contribution in [0.1, 0.15) is 11.3 Å². The smallest absolute Gasteiger partial charge is 0.313 e. The van der Waals surface area contributed by atoms with Crippen molar-refractivity contribution in [2.75, 3.05) is 7.11 Å². The number of aromatic amines is 1. The minimum atomic E-state index is -0.441. The Bertz CT molecular complexity index is 572. The number of hydrogen-bond acceptors (Lipinski definition) is 3. The quantitative estimate of drug-likeness (QED) is 0.625. The number of benzene rings is 1. The van der Waals surface area contributed by atoms with Crippen LogP contribution in [0.25, 0.3) is 10.9 Å². The largest absolute Gasteiger partial charge is 0.490 e. The van der Waals surface area contributed by atoms with Gasteiger partial charge in [-0.15, -0.1) is 0 Å². The van der Waals surface area contributed by atoms with Crippen molar-refractivity contribution in [2.45, 2.75) is 13.8 Å². The third kappa shape index (κ3) is 1.41. The molecule has 0 fully saturated rings. The molecule has 84 valence electrons. The zero-order valence-electron chi connectivity index (χ0n) is 9.33. The van der Waals surface area contributed by atoms with Crippen LogP contribution in [0.5, 0.6) is 5.75 Å². The van der Waals surface area contributed by atoms with E-state index in [1.807, 2.05) is 13.8 Å². The number of rotatable bonds is 2. The third-order valence-electron chi connectivity index (χ3n) is 2.80. The lowest BCUT2D eigenvalue weighted by Gasteiger charge is -2.01. The van der Waals surface area contributed by atoms with Gasteiger partial charge in [0.1, 0.15) is 0 Å². The van der Waals surface area contributed by atoms with Crippen molar-refractivity contribution in [3.05, 3.63) is 33.5 Å². The molecule has 1 N–H and O–H groups in total. The van der Waals surface area contributed by atoms with Crippen LogP contribution in [-0.2, 0) is 0 Å². The summed E-state index contributed by atoms with van der Waals surface area (Å²) < 4.78 is 5.02. The van der Waals surface area contributed by atoms with Gasteiger partial charge in [-0.2, -0.15) is 0 Å². The first-order valence-electron chi connectivity index (χ1n) is 4.86. The topological polar surface area (TPSA) is 68.2 Å².